The van der Waals surface area contributed by atoms with E-state index in [0.29, 0.717) is 5.88 Å². The maximum absolute atomic E-state index is 9.22. The Kier molecular flexibility index (Phi) is 5.02. The Morgan fingerprint density at radius 1 is 1.50 bits per heavy atom. The number of aliphatic hydroxyl groups is 1. The van der Waals surface area contributed by atoms with Crippen molar-refractivity contribution in [1.82, 2.24) is 4.98 Å². The molecular formula is C12H17IN2O3. The van der Waals surface area contributed by atoms with Crippen molar-refractivity contribution in [3.05, 3.63) is 15.7 Å². The van der Waals surface area contributed by atoms with Gasteiger partial charge in [-0.1, -0.05) is 0 Å². The molecule has 1 aromatic heterocycles. The zero-order valence-electron chi connectivity index (χ0n) is 10.3. The summed E-state index contributed by atoms with van der Waals surface area (Å²) >= 11 is 2.24. The summed E-state index contributed by atoms with van der Waals surface area (Å²) in [5.74, 6) is 1.47. The Balaban J connectivity index is 2.09. The maximum atomic E-state index is 9.22. The summed E-state index contributed by atoms with van der Waals surface area (Å²) in [6.07, 6.45) is -0.489. The molecule has 1 aromatic rings. The quantitative estimate of drug-likeness (QED) is 0.816. The van der Waals surface area contributed by atoms with E-state index >= 15 is 0 Å². The summed E-state index contributed by atoms with van der Waals surface area (Å²) in [5, 5.41) is 9.22. The molecule has 0 aliphatic carbocycles. The van der Waals surface area contributed by atoms with E-state index in [1.807, 2.05) is 12.1 Å². The molecule has 1 aliphatic rings. The van der Waals surface area contributed by atoms with Crippen LogP contribution in [0.15, 0.2) is 12.1 Å². The third-order valence-electron chi connectivity index (χ3n) is 2.56. The number of pyridine rings is 1. The molecule has 2 heterocycles. The lowest BCUT2D eigenvalue weighted by Gasteiger charge is -2.28. The van der Waals surface area contributed by atoms with Crippen LogP contribution in [0.2, 0.25) is 0 Å². The summed E-state index contributed by atoms with van der Waals surface area (Å²) in [7, 11) is 0. The number of aromatic nitrogens is 1. The summed E-state index contributed by atoms with van der Waals surface area (Å²) in [4.78, 5) is 6.64. The lowest BCUT2D eigenvalue weighted by Crippen LogP contribution is -2.36. The van der Waals surface area contributed by atoms with Crippen molar-refractivity contribution in [2.45, 2.75) is 13.0 Å². The van der Waals surface area contributed by atoms with Crippen molar-refractivity contribution in [3.8, 4) is 5.88 Å². The van der Waals surface area contributed by atoms with Crippen molar-refractivity contribution in [3.63, 3.8) is 0 Å². The van der Waals surface area contributed by atoms with Gasteiger partial charge in [-0.2, -0.15) is 4.98 Å². The lowest BCUT2D eigenvalue weighted by molar-refractivity contribution is 0.118. The molecule has 1 N–H and O–H groups in total. The van der Waals surface area contributed by atoms with Gasteiger partial charge in [-0.25, -0.2) is 0 Å². The fraction of sp³-hybridized carbons (Fsp3) is 0.583. The van der Waals surface area contributed by atoms with Gasteiger partial charge >= 0.3 is 0 Å². The van der Waals surface area contributed by atoms with Crippen LogP contribution in [0.5, 0.6) is 5.88 Å². The molecule has 0 aromatic carbocycles. The van der Waals surface area contributed by atoms with Crippen LogP contribution in [0.4, 0.5) is 5.82 Å². The van der Waals surface area contributed by atoms with Gasteiger partial charge < -0.3 is 19.5 Å². The van der Waals surface area contributed by atoms with Gasteiger partial charge in [0.2, 0.25) is 5.88 Å². The monoisotopic (exact) mass is 364 g/mol. The normalized spacial score (nSPS) is 17.6. The van der Waals surface area contributed by atoms with Crippen LogP contribution in [0, 0.1) is 3.57 Å². The Labute approximate surface area is 120 Å². The topological polar surface area (TPSA) is 54.8 Å². The first-order valence-corrected chi connectivity index (χ1v) is 7.04. The smallest absolute Gasteiger partial charge is 0.216 e. The Morgan fingerprint density at radius 2 is 2.22 bits per heavy atom. The minimum absolute atomic E-state index is 0.260. The van der Waals surface area contributed by atoms with Crippen molar-refractivity contribution in [1.29, 1.82) is 0 Å². The molecule has 0 bridgehead atoms. The second-order valence-electron chi connectivity index (χ2n) is 4.24. The maximum Gasteiger partial charge on any atom is 0.216 e. The Morgan fingerprint density at radius 3 is 2.89 bits per heavy atom. The minimum atomic E-state index is -0.489. The van der Waals surface area contributed by atoms with Gasteiger partial charge in [-0.15, -0.1) is 0 Å². The summed E-state index contributed by atoms with van der Waals surface area (Å²) < 4.78 is 11.9. The van der Waals surface area contributed by atoms with E-state index in [1.54, 1.807) is 6.92 Å². The highest BCUT2D eigenvalue weighted by molar-refractivity contribution is 14.1. The van der Waals surface area contributed by atoms with E-state index in [9.17, 15) is 5.11 Å². The molecule has 6 heteroatoms. The minimum Gasteiger partial charge on any atom is -0.475 e. The average Bonchev–Trinajstić information content (AvgIpc) is 2.37. The first-order valence-electron chi connectivity index (χ1n) is 5.96. The molecule has 0 saturated carbocycles. The van der Waals surface area contributed by atoms with E-state index < -0.39 is 6.10 Å². The third kappa shape index (κ3) is 3.96. The number of anilines is 1. The van der Waals surface area contributed by atoms with Crippen LogP contribution < -0.4 is 9.64 Å². The number of nitrogens with zero attached hydrogens (tertiary/aromatic N) is 2. The molecule has 1 aliphatic heterocycles. The van der Waals surface area contributed by atoms with Gasteiger partial charge in [0, 0.05) is 22.7 Å². The lowest BCUT2D eigenvalue weighted by atomic mass is 10.3. The van der Waals surface area contributed by atoms with Gasteiger partial charge in [0.25, 0.3) is 0 Å². The van der Waals surface area contributed by atoms with Crippen LogP contribution in [0.1, 0.15) is 6.92 Å². The molecule has 100 valence electrons. The van der Waals surface area contributed by atoms with Gasteiger partial charge in [0.05, 0.1) is 19.3 Å². The van der Waals surface area contributed by atoms with Crippen molar-refractivity contribution < 1.29 is 14.6 Å². The highest BCUT2D eigenvalue weighted by Gasteiger charge is 2.14. The van der Waals surface area contributed by atoms with Crippen LogP contribution >= 0.6 is 22.6 Å². The van der Waals surface area contributed by atoms with Gasteiger partial charge in [-0.05, 0) is 35.6 Å². The highest BCUT2D eigenvalue weighted by atomic mass is 127. The molecule has 5 nitrogen and oxygen atoms in total. The fourth-order valence-electron chi connectivity index (χ4n) is 1.69. The van der Waals surface area contributed by atoms with Crippen molar-refractivity contribution >= 4 is 28.4 Å². The number of hydrogen-bond acceptors (Lipinski definition) is 5. The predicted octanol–water partition coefficient (Wildman–Crippen LogP) is 1.28. The van der Waals surface area contributed by atoms with Gasteiger partial charge in [-0.3, -0.25) is 0 Å². The average molecular weight is 364 g/mol. The van der Waals surface area contributed by atoms with Crippen LogP contribution in [-0.4, -0.2) is 49.1 Å². The fourth-order valence-corrected chi connectivity index (χ4v) is 2.24. The largest absolute Gasteiger partial charge is 0.475 e. The standard InChI is InChI=1S/C12H17IN2O3/c1-9(16)8-18-12-7-10(13)6-11(14-12)15-2-4-17-5-3-15/h6-7,9,16H,2-5,8H2,1H3/t9-/m1/s1. The second-order valence-corrected chi connectivity index (χ2v) is 5.49. The zero-order valence-corrected chi connectivity index (χ0v) is 12.5. The Bertz CT molecular complexity index is 395. The molecule has 1 saturated heterocycles. The first kappa shape index (κ1) is 13.8. The van der Waals surface area contributed by atoms with E-state index in [-0.39, 0.29) is 6.61 Å². The number of aliphatic hydroxyl groups excluding tert-OH is 1. The molecule has 0 spiro atoms. The van der Waals surface area contributed by atoms with Crippen molar-refractivity contribution in [2.24, 2.45) is 0 Å². The number of hydrogen-bond donors (Lipinski definition) is 1. The molecule has 0 amide bonds. The molecule has 0 radical (unpaired) electrons. The van der Waals surface area contributed by atoms with Crippen LogP contribution in [0.25, 0.3) is 0 Å². The van der Waals surface area contributed by atoms with E-state index in [0.717, 1.165) is 35.7 Å². The SMILES string of the molecule is C[C@@H](O)COc1cc(I)cc(N2CCOCC2)n1. The summed E-state index contributed by atoms with van der Waals surface area (Å²) in [6.45, 7) is 5.12. The second kappa shape index (κ2) is 6.53. The number of morpholine rings is 1. The molecule has 2 rings (SSSR count). The molecule has 18 heavy (non-hydrogen) atoms. The highest BCUT2D eigenvalue weighted by Crippen LogP contribution is 2.21. The third-order valence-corrected chi connectivity index (χ3v) is 3.18. The van der Waals surface area contributed by atoms with Crippen molar-refractivity contribution in [2.75, 3.05) is 37.8 Å². The predicted molar refractivity (Wildman–Crippen MR) is 77.2 cm³/mol. The number of rotatable bonds is 4. The van der Waals surface area contributed by atoms with E-state index in [4.69, 9.17) is 9.47 Å². The van der Waals surface area contributed by atoms with Gasteiger partial charge in [0.15, 0.2) is 0 Å². The van der Waals surface area contributed by atoms with E-state index in [1.165, 1.54) is 0 Å². The molecule has 1 atom stereocenters. The summed E-state index contributed by atoms with van der Waals surface area (Å²) in [5.41, 5.74) is 0. The first-order chi connectivity index (χ1) is 8.65. The van der Waals surface area contributed by atoms with Crippen LogP contribution in [0.3, 0.4) is 0 Å². The van der Waals surface area contributed by atoms with Crippen LogP contribution in [-0.2, 0) is 4.74 Å². The zero-order chi connectivity index (χ0) is 13.0. The molecular weight excluding hydrogens is 347 g/mol. The number of halogens is 1. The Hall–Kier alpha value is -0.600. The van der Waals surface area contributed by atoms with E-state index in [2.05, 4.69) is 32.5 Å². The molecule has 1 fully saturated rings. The van der Waals surface area contributed by atoms with Gasteiger partial charge in [0.1, 0.15) is 12.4 Å². The number of ether oxygens (including phenoxy) is 2. The summed E-state index contributed by atoms with van der Waals surface area (Å²) in [6, 6.07) is 3.90. The molecule has 0 unspecified atom stereocenters.